The summed E-state index contributed by atoms with van der Waals surface area (Å²) in [4.78, 5) is 8.14. The molecule has 1 aliphatic heterocycles. The van der Waals surface area contributed by atoms with E-state index >= 15 is 0 Å². The van der Waals surface area contributed by atoms with Crippen LogP contribution in [-0.2, 0) is 11.3 Å². The Balaban J connectivity index is 1.53. The van der Waals surface area contributed by atoms with Crippen molar-refractivity contribution in [1.82, 2.24) is 9.88 Å². The van der Waals surface area contributed by atoms with Gasteiger partial charge in [-0.2, -0.15) is 0 Å². The molecule has 0 radical (unpaired) electrons. The largest absolute Gasteiger partial charge is 0.379 e. The Hall–Kier alpha value is -1.75. The molecule has 2 aromatic heterocycles. The van der Waals surface area contributed by atoms with E-state index in [9.17, 15) is 0 Å². The van der Waals surface area contributed by atoms with E-state index in [1.54, 1.807) is 11.3 Å². The molecule has 0 spiro atoms. The number of pyridine rings is 1. The van der Waals surface area contributed by atoms with Crippen molar-refractivity contribution >= 4 is 21.6 Å². The summed E-state index contributed by atoms with van der Waals surface area (Å²) < 4.78 is 6.64. The minimum atomic E-state index is 0.854. The number of thiophene rings is 1. The van der Waals surface area contributed by atoms with Crippen molar-refractivity contribution < 1.29 is 4.74 Å². The van der Waals surface area contributed by atoms with Crippen molar-refractivity contribution in [2.75, 3.05) is 26.3 Å². The normalized spacial score (nSPS) is 16.2. The van der Waals surface area contributed by atoms with Gasteiger partial charge in [0.25, 0.3) is 0 Å². The zero-order valence-electron chi connectivity index (χ0n) is 12.4. The summed E-state index contributed by atoms with van der Waals surface area (Å²) in [5.74, 6) is 0. The maximum atomic E-state index is 5.40. The third-order valence-corrected chi connectivity index (χ3v) is 5.17. The van der Waals surface area contributed by atoms with Crippen molar-refractivity contribution in [1.29, 1.82) is 0 Å². The molecule has 3 nitrogen and oxygen atoms in total. The molecule has 0 N–H and O–H groups in total. The first-order valence-electron chi connectivity index (χ1n) is 7.62. The number of hydrogen-bond donors (Lipinski definition) is 0. The minimum Gasteiger partial charge on any atom is -0.379 e. The van der Waals surface area contributed by atoms with Crippen LogP contribution in [0.25, 0.3) is 20.7 Å². The summed E-state index contributed by atoms with van der Waals surface area (Å²) in [5, 5.41) is 0. The highest BCUT2D eigenvalue weighted by Crippen LogP contribution is 2.32. The third kappa shape index (κ3) is 2.90. The fourth-order valence-electron chi connectivity index (χ4n) is 2.80. The van der Waals surface area contributed by atoms with Gasteiger partial charge in [-0.05, 0) is 29.3 Å². The first-order valence-corrected chi connectivity index (χ1v) is 8.44. The number of ether oxygens (including phenoxy) is 1. The second-order valence-electron chi connectivity index (χ2n) is 5.58. The van der Waals surface area contributed by atoms with Crippen LogP contribution in [0.2, 0.25) is 0 Å². The van der Waals surface area contributed by atoms with Gasteiger partial charge in [-0.1, -0.05) is 24.3 Å². The standard InChI is InChI=1S/C18H18N2OS/c1-2-17-16(19-7-1)12-18(22-17)15-5-3-14(4-6-15)13-20-8-10-21-11-9-20/h1-7,12H,8-11,13H2. The summed E-state index contributed by atoms with van der Waals surface area (Å²) in [5.41, 5.74) is 3.72. The maximum absolute atomic E-state index is 5.40. The Morgan fingerprint density at radius 2 is 1.91 bits per heavy atom. The van der Waals surface area contributed by atoms with Gasteiger partial charge in [-0.15, -0.1) is 11.3 Å². The Morgan fingerprint density at radius 3 is 2.68 bits per heavy atom. The average molecular weight is 310 g/mol. The first kappa shape index (κ1) is 13.9. The summed E-state index contributed by atoms with van der Waals surface area (Å²) >= 11 is 1.80. The molecule has 1 saturated heterocycles. The molecule has 3 heterocycles. The molecule has 4 heteroatoms. The van der Waals surface area contributed by atoms with Crippen LogP contribution in [0.3, 0.4) is 0 Å². The first-order chi connectivity index (χ1) is 10.9. The van der Waals surface area contributed by atoms with E-state index in [0.29, 0.717) is 0 Å². The van der Waals surface area contributed by atoms with Crippen molar-refractivity contribution in [3.63, 3.8) is 0 Å². The van der Waals surface area contributed by atoms with Crippen LogP contribution in [0.15, 0.2) is 48.7 Å². The van der Waals surface area contributed by atoms with Gasteiger partial charge in [0.15, 0.2) is 0 Å². The summed E-state index contributed by atoms with van der Waals surface area (Å²) in [7, 11) is 0. The van der Waals surface area contributed by atoms with Crippen LogP contribution < -0.4 is 0 Å². The van der Waals surface area contributed by atoms with E-state index in [1.165, 1.54) is 20.7 Å². The number of hydrogen-bond acceptors (Lipinski definition) is 4. The number of morpholine rings is 1. The second-order valence-corrected chi connectivity index (χ2v) is 6.67. The molecule has 1 aromatic carbocycles. The number of benzene rings is 1. The van der Waals surface area contributed by atoms with Crippen LogP contribution in [0.1, 0.15) is 5.56 Å². The average Bonchev–Trinajstić information content (AvgIpc) is 3.00. The maximum Gasteiger partial charge on any atom is 0.0816 e. The summed E-state index contributed by atoms with van der Waals surface area (Å²) in [6.07, 6.45) is 1.85. The van der Waals surface area contributed by atoms with Crippen molar-refractivity contribution in [2.45, 2.75) is 6.54 Å². The van der Waals surface area contributed by atoms with E-state index in [-0.39, 0.29) is 0 Å². The molecular weight excluding hydrogens is 292 g/mol. The monoisotopic (exact) mass is 310 g/mol. The molecule has 3 aromatic rings. The lowest BCUT2D eigenvalue weighted by molar-refractivity contribution is 0.0342. The molecule has 112 valence electrons. The highest BCUT2D eigenvalue weighted by Gasteiger charge is 2.11. The van der Waals surface area contributed by atoms with Gasteiger partial charge in [0.05, 0.1) is 23.4 Å². The lowest BCUT2D eigenvalue weighted by Gasteiger charge is -2.26. The zero-order valence-corrected chi connectivity index (χ0v) is 13.2. The highest BCUT2D eigenvalue weighted by atomic mass is 32.1. The fraction of sp³-hybridized carbons (Fsp3) is 0.278. The van der Waals surface area contributed by atoms with Crippen molar-refractivity contribution in [2.24, 2.45) is 0 Å². The topological polar surface area (TPSA) is 25.4 Å². The van der Waals surface area contributed by atoms with Crippen molar-refractivity contribution in [3.8, 4) is 10.4 Å². The lowest BCUT2D eigenvalue weighted by Crippen LogP contribution is -2.35. The van der Waals surface area contributed by atoms with Gasteiger partial charge in [-0.3, -0.25) is 9.88 Å². The quantitative estimate of drug-likeness (QED) is 0.736. The minimum absolute atomic E-state index is 0.854. The van der Waals surface area contributed by atoms with Gasteiger partial charge in [0, 0.05) is 30.7 Å². The van der Waals surface area contributed by atoms with E-state index in [2.05, 4.69) is 46.3 Å². The Kier molecular flexibility index (Phi) is 3.89. The number of aromatic nitrogens is 1. The second kappa shape index (κ2) is 6.16. The van der Waals surface area contributed by atoms with Crippen LogP contribution in [0, 0.1) is 0 Å². The van der Waals surface area contributed by atoms with Crippen LogP contribution in [-0.4, -0.2) is 36.2 Å². The molecule has 1 fully saturated rings. The Labute approximate surface area is 134 Å². The third-order valence-electron chi connectivity index (χ3n) is 4.04. The predicted octanol–water partition coefficient (Wildman–Crippen LogP) is 3.80. The highest BCUT2D eigenvalue weighted by molar-refractivity contribution is 7.22. The molecule has 0 saturated carbocycles. The molecular formula is C18H18N2OS. The fourth-order valence-corrected chi connectivity index (χ4v) is 3.83. The van der Waals surface area contributed by atoms with Crippen LogP contribution in [0.5, 0.6) is 0 Å². The van der Waals surface area contributed by atoms with E-state index in [1.807, 2.05) is 12.3 Å². The molecule has 0 unspecified atom stereocenters. The summed E-state index contributed by atoms with van der Waals surface area (Å²) in [6.45, 7) is 4.78. The van der Waals surface area contributed by atoms with E-state index < -0.39 is 0 Å². The van der Waals surface area contributed by atoms with Crippen molar-refractivity contribution in [3.05, 3.63) is 54.2 Å². The molecule has 22 heavy (non-hydrogen) atoms. The molecule has 4 rings (SSSR count). The van der Waals surface area contributed by atoms with Gasteiger partial charge >= 0.3 is 0 Å². The molecule has 0 aliphatic carbocycles. The smallest absolute Gasteiger partial charge is 0.0816 e. The number of nitrogens with zero attached hydrogens (tertiary/aromatic N) is 2. The van der Waals surface area contributed by atoms with Crippen LogP contribution in [0.4, 0.5) is 0 Å². The van der Waals surface area contributed by atoms with Gasteiger partial charge in [0.1, 0.15) is 0 Å². The van der Waals surface area contributed by atoms with Crippen LogP contribution >= 0.6 is 11.3 Å². The number of fused-ring (bicyclic) bond motifs is 1. The summed E-state index contributed by atoms with van der Waals surface area (Å²) in [6, 6.07) is 15.2. The van der Waals surface area contributed by atoms with E-state index in [0.717, 1.165) is 38.4 Å². The molecule has 1 aliphatic rings. The van der Waals surface area contributed by atoms with Gasteiger partial charge in [0.2, 0.25) is 0 Å². The molecule has 0 amide bonds. The lowest BCUT2D eigenvalue weighted by atomic mass is 10.1. The Morgan fingerprint density at radius 1 is 1.09 bits per heavy atom. The molecule has 0 atom stereocenters. The zero-order chi connectivity index (χ0) is 14.8. The number of rotatable bonds is 3. The van der Waals surface area contributed by atoms with E-state index in [4.69, 9.17) is 4.74 Å². The Bertz CT molecular complexity index is 727. The van der Waals surface area contributed by atoms with Gasteiger partial charge in [-0.25, -0.2) is 0 Å². The predicted molar refractivity (Wildman–Crippen MR) is 91.2 cm³/mol. The molecule has 0 bridgehead atoms. The van der Waals surface area contributed by atoms with Gasteiger partial charge < -0.3 is 4.74 Å². The SMILES string of the molecule is c1cnc2cc(-c3ccc(CN4CCOCC4)cc3)sc2c1.